The van der Waals surface area contributed by atoms with Crippen molar-refractivity contribution in [1.29, 1.82) is 0 Å². The SMILES string of the molecule is COc1nc(NC(C)c2ccncc2)ncc1Br. The van der Waals surface area contributed by atoms with Gasteiger partial charge in [-0.3, -0.25) is 4.98 Å². The molecule has 0 aromatic carbocycles. The Morgan fingerprint density at radius 3 is 2.72 bits per heavy atom. The number of hydrogen-bond acceptors (Lipinski definition) is 5. The van der Waals surface area contributed by atoms with Crippen molar-refractivity contribution < 1.29 is 4.74 Å². The summed E-state index contributed by atoms with van der Waals surface area (Å²) < 4.78 is 5.85. The highest BCUT2D eigenvalue weighted by Gasteiger charge is 2.09. The van der Waals surface area contributed by atoms with E-state index in [0.717, 1.165) is 10.0 Å². The topological polar surface area (TPSA) is 59.9 Å². The molecule has 2 aromatic rings. The molecular formula is C12H13BrN4O. The van der Waals surface area contributed by atoms with Crippen LogP contribution < -0.4 is 10.1 Å². The van der Waals surface area contributed by atoms with E-state index < -0.39 is 0 Å². The van der Waals surface area contributed by atoms with Crippen molar-refractivity contribution in [2.24, 2.45) is 0 Å². The third-order valence-electron chi connectivity index (χ3n) is 2.46. The molecule has 0 aliphatic heterocycles. The van der Waals surface area contributed by atoms with Crippen LogP contribution in [0.25, 0.3) is 0 Å². The van der Waals surface area contributed by atoms with E-state index in [-0.39, 0.29) is 6.04 Å². The number of aromatic nitrogens is 3. The summed E-state index contributed by atoms with van der Waals surface area (Å²) in [5.41, 5.74) is 1.12. The van der Waals surface area contributed by atoms with Gasteiger partial charge in [0.2, 0.25) is 11.8 Å². The predicted molar refractivity (Wildman–Crippen MR) is 72.6 cm³/mol. The molecule has 0 radical (unpaired) electrons. The van der Waals surface area contributed by atoms with Crippen LogP contribution in [0.4, 0.5) is 5.95 Å². The summed E-state index contributed by atoms with van der Waals surface area (Å²) in [7, 11) is 1.57. The molecule has 5 nitrogen and oxygen atoms in total. The molecule has 6 heteroatoms. The van der Waals surface area contributed by atoms with Crippen LogP contribution >= 0.6 is 15.9 Å². The molecule has 0 spiro atoms. The molecule has 0 aliphatic rings. The first-order chi connectivity index (χ1) is 8.70. The van der Waals surface area contributed by atoms with E-state index in [4.69, 9.17) is 4.74 Å². The smallest absolute Gasteiger partial charge is 0.232 e. The van der Waals surface area contributed by atoms with Crippen molar-refractivity contribution in [2.75, 3.05) is 12.4 Å². The van der Waals surface area contributed by atoms with Crippen LogP contribution in [-0.4, -0.2) is 22.1 Å². The largest absolute Gasteiger partial charge is 0.480 e. The summed E-state index contributed by atoms with van der Waals surface area (Å²) in [4.78, 5) is 12.4. The number of halogens is 1. The summed E-state index contributed by atoms with van der Waals surface area (Å²) in [6, 6.07) is 4.00. The monoisotopic (exact) mass is 308 g/mol. The van der Waals surface area contributed by atoms with Gasteiger partial charge in [-0.05, 0) is 40.5 Å². The van der Waals surface area contributed by atoms with Crippen molar-refractivity contribution in [3.8, 4) is 5.88 Å². The van der Waals surface area contributed by atoms with E-state index in [0.29, 0.717) is 11.8 Å². The number of ether oxygens (including phenoxy) is 1. The number of rotatable bonds is 4. The van der Waals surface area contributed by atoms with Crippen LogP contribution in [0, 0.1) is 0 Å². The van der Waals surface area contributed by atoms with E-state index in [2.05, 4.69) is 36.2 Å². The lowest BCUT2D eigenvalue weighted by Gasteiger charge is -2.14. The van der Waals surface area contributed by atoms with Crippen molar-refractivity contribution >= 4 is 21.9 Å². The molecule has 0 bridgehead atoms. The van der Waals surface area contributed by atoms with E-state index in [1.807, 2.05) is 19.1 Å². The molecule has 1 N–H and O–H groups in total. The van der Waals surface area contributed by atoms with Crippen molar-refractivity contribution in [3.05, 3.63) is 40.8 Å². The zero-order valence-electron chi connectivity index (χ0n) is 10.1. The Bertz CT molecular complexity index is 521. The molecule has 2 heterocycles. The van der Waals surface area contributed by atoms with Crippen molar-refractivity contribution in [2.45, 2.75) is 13.0 Å². The van der Waals surface area contributed by atoms with Gasteiger partial charge in [0, 0.05) is 12.4 Å². The Kier molecular flexibility index (Phi) is 4.09. The second-order valence-electron chi connectivity index (χ2n) is 3.70. The molecule has 94 valence electrons. The Morgan fingerprint density at radius 1 is 1.33 bits per heavy atom. The van der Waals surface area contributed by atoms with Crippen LogP contribution in [0.1, 0.15) is 18.5 Å². The second-order valence-corrected chi connectivity index (χ2v) is 4.55. The number of anilines is 1. The van der Waals surface area contributed by atoms with E-state index in [1.54, 1.807) is 25.7 Å². The molecule has 0 saturated heterocycles. The van der Waals surface area contributed by atoms with Gasteiger partial charge < -0.3 is 10.1 Å². The van der Waals surface area contributed by atoms with Crippen LogP contribution in [0.3, 0.4) is 0 Å². The number of methoxy groups -OCH3 is 1. The standard InChI is InChI=1S/C12H13BrN4O/c1-8(9-3-5-14-6-4-9)16-12-15-7-10(13)11(17-12)18-2/h3-8H,1-2H3,(H,15,16,17). The maximum Gasteiger partial charge on any atom is 0.232 e. The number of hydrogen-bond donors (Lipinski definition) is 1. The second kappa shape index (κ2) is 5.77. The van der Waals surface area contributed by atoms with Gasteiger partial charge in [0.1, 0.15) is 0 Å². The third-order valence-corrected chi connectivity index (χ3v) is 3.00. The number of nitrogens with one attached hydrogen (secondary N) is 1. The summed E-state index contributed by atoms with van der Waals surface area (Å²) in [6.45, 7) is 2.03. The zero-order valence-corrected chi connectivity index (χ0v) is 11.7. The lowest BCUT2D eigenvalue weighted by atomic mass is 10.1. The van der Waals surface area contributed by atoms with Gasteiger partial charge in [0.05, 0.1) is 23.8 Å². The molecule has 1 atom stereocenters. The molecule has 0 amide bonds. The first-order valence-electron chi connectivity index (χ1n) is 5.43. The lowest BCUT2D eigenvalue weighted by Crippen LogP contribution is -2.09. The van der Waals surface area contributed by atoms with Gasteiger partial charge in [-0.2, -0.15) is 4.98 Å². The van der Waals surface area contributed by atoms with Crippen LogP contribution in [0.2, 0.25) is 0 Å². The maximum absolute atomic E-state index is 5.12. The molecule has 0 saturated carbocycles. The number of pyridine rings is 1. The fraction of sp³-hybridized carbons (Fsp3) is 0.250. The van der Waals surface area contributed by atoms with Gasteiger partial charge >= 0.3 is 0 Å². The Hall–Kier alpha value is -1.69. The Morgan fingerprint density at radius 2 is 2.06 bits per heavy atom. The van der Waals surface area contributed by atoms with E-state index in [9.17, 15) is 0 Å². The van der Waals surface area contributed by atoms with Gasteiger partial charge in [0.25, 0.3) is 0 Å². The fourth-order valence-corrected chi connectivity index (χ4v) is 1.85. The van der Waals surface area contributed by atoms with E-state index >= 15 is 0 Å². The molecule has 0 fully saturated rings. The maximum atomic E-state index is 5.12. The van der Waals surface area contributed by atoms with Crippen molar-refractivity contribution in [1.82, 2.24) is 15.0 Å². The molecule has 18 heavy (non-hydrogen) atoms. The normalized spacial score (nSPS) is 11.9. The third kappa shape index (κ3) is 2.95. The Labute approximate surface area is 114 Å². The minimum atomic E-state index is 0.0962. The zero-order chi connectivity index (χ0) is 13.0. The van der Waals surface area contributed by atoms with Gasteiger partial charge in [-0.25, -0.2) is 4.98 Å². The summed E-state index contributed by atoms with van der Waals surface area (Å²) in [6.07, 6.45) is 5.18. The summed E-state index contributed by atoms with van der Waals surface area (Å²) >= 11 is 3.32. The molecular weight excluding hydrogens is 296 g/mol. The molecule has 0 aliphatic carbocycles. The fourth-order valence-electron chi connectivity index (χ4n) is 1.49. The van der Waals surface area contributed by atoms with Crippen LogP contribution in [-0.2, 0) is 0 Å². The first kappa shape index (κ1) is 12.8. The highest BCUT2D eigenvalue weighted by atomic mass is 79.9. The van der Waals surface area contributed by atoms with Gasteiger partial charge in [-0.15, -0.1) is 0 Å². The summed E-state index contributed by atoms with van der Waals surface area (Å²) in [5, 5.41) is 3.21. The molecule has 2 aromatic heterocycles. The van der Waals surface area contributed by atoms with Gasteiger partial charge in [0.15, 0.2) is 0 Å². The lowest BCUT2D eigenvalue weighted by molar-refractivity contribution is 0.394. The van der Waals surface area contributed by atoms with Crippen molar-refractivity contribution in [3.63, 3.8) is 0 Å². The highest BCUT2D eigenvalue weighted by molar-refractivity contribution is 9.10. The molecule has 1 unspecified atom stereocenters. The van der Waals surface area contributed by atoms with Crippen LogP contribution in [0.15, 0.2) is 35.2 Å². The van der Waals surface area contributed by atoms with Gasteiger partial charge in [-0.1, -0.05) is 0 Å². The van der Waals surface area contributed by atoms with E-state index in [1.165, 1.54) is 0 Å². The molecule has 2 rings (SSSR count). The highest BCUT2D eigenvalue weighted by Crippen LogP contribution is 2.23. The average Bonchev–Trinajstić information content (AvgIpc) is 2.42. The quantitative estimate of drug-likeness (QED) is 0.941. The van der Waals surface area contributed by atoms with Crippen LogP contribution in [0.5, 0.6) is 5.88 Å². The average molecular weight is 309 g/mol. The Balaban J connectivity index is 2.14. The number of nitrogens with zero attached hydrogens (tertiary/aromatic N) is 3. The first-order valence-corrected chi connectivity index (χ1v) is 6.23. The minimum Gasteiger partial charge on any atom is -0.480 e. The predicted octanol–water partition coefficient (Wildman–Crippen LogP) is 2.82. The minimum absolute atomic E-state index is 0.0962. The summed E-state index contributed by atoms with van der Waals surface area (Å²) in [5.74, 6) is 1.04.